The van der Waals surface area contributed by atoms with Crippen LogP contribution in [-0.2, 0) is 4.74 Å². The summed E-state index contributed by atoms with van der Waals surface area (Å²) in [6.45, 7) is 3.28. The average molecular weight is 361 g/mol. The molecular weight excluding hydrogens is 336 g/mol. The van der Waals surface area contributed by atoms with Gasteiger partial charge in [-0.2, -0.15) is 4.98 Å². The maximum Gasteiger partial charge on any atom is 0.349 e. The fourth-order valence-corrected chi connectivity index (χ4v) is 3.13. The van der Waals surface area contributed by atoms with Gasteiger partial charge in [0, 0.05) is 31.8 Å². The van der Waals surface area contributed by atoms with E-state index in [0.29, 0.717) is 26.2 Å². The van der Waals surface area contributed by atoms with Crippen LogP contribution >= 0.6 is 0 Å². The lowest BCUT2D eigenvalue weighted by atomic mass is 9.80. The Kier molecular flexibility index (Phi) is 6.44. The van der Waals surface area contributed by atoms with E-state index in [1.54, 1.807) is 0 Å². The molecule has 1 aromatic heterocycles. The third-order valence-electron chi connectivity index (χ3n) is 4.48. The van der Waals surface area contributed by atoms with Crippen LogP contribution in [-0.4, -0.2) is 58.0 Å². The minimum atomic E-state index is -3.48. The molecule has 1 fully saturated rings. The first kappa shape index (κ1) is 19.7. The molecule has 5 N–H and O–H groups in total. The summed E-state index contributed by atoms with van der Waals surface area (Å²) in [6.07, 6.45) is -0.387. The van der Waals surface area contributed by atoms with Crippen molar-refractivity contribution >= 4 is 5.82 Å². The fraction of sp³-hybridized carbons (Fsp3) is 0.733. The molecule has 0 unspecified atom stereocenters. The number of anilines is 1. The highest BCUT2D eigenvalue weighted by atomic mass is 19.3. The zero-order valence-electron chi connectivity index (χ0n) is 14.1. The number of nitrogen functional groups attached to an aromatic ring is 1. The van der Waals surface area contributed by atoms with Crippen LogP contribution < -0.4 is 17.3 Å². The molecule has 3 atom stereocenters. The Labute approximate surface area is 144 Å². The lowest BCUT2D eigenvalue weighted by Crippen LogP contribution is -2.55. The first-order chi connectivity index (χ1) is 11.8. The molecule has 2 rings (SSSR count). The largest absolute Gasteiger partial charge is 0.386 e. The molecular formula is C15H25F2N5O3. The summed E-state index contributed by atoms with van der Waals surface area (Å²) in [6, 6.07) is -0.181. The first-order valence-electron chi connectivity index (χ1n) is 8.25. The predicted octanol–water partition coefficient (Wildman–Crippen LogP) is -0.0150. The third kappa shape index (κ3) is 4.51. The van der Waals surface area contributed by atoms with Gasteiger partial charge in [0.05, 0.1) is 6.61 Å². The second kappa shape index (κ2) is 8.17. The summed E-state index contributed by atoms with van der Waals surface area (Å²) in [7, 11) is 0. The zero-order valence-corrected chi connectivity index (χ0v) is 14.1. The Hall–Kier alpha value is -1.62. The van der Waals surface area contributed by atoms with E-state index in [1.807, 2.05) is 6.92 Å². The lowest BCUT2D eigenvalue weighted by Gasteiger charge is -2.41. The number of halogens is 2. The van der Waals surface area contributed by atoms with Crippen molar-refractivity contribution in [3.8, 4) is 0 Å². The zero-order chi connectivity index (χ0) is 18.6. The molecule has 10 heteroatoms. The number of rotatable bonds is 7. The molecule has 1 aromatic rings. The van der Waals surface area contributed by atoms with Crippen molar-refractivity contribution in [1.29, 1.82) is 0 Å². The number of aliphatic hydroxyl groups excluding tert-OH is 1. The van der Waals surface area contributed by atoms with Crippen LogP contribution in [0.15, 0.2) is 17.1 Å². The van der Waals surface area contributed by atoms with E-state index in [-0.39, 0.29) is 18.8 Å². The Balaban J connectivity index is 2.07. The number of aromatic nitrogens is 2. The molecule has 0 amide bonds. The quantitative estimate of drug-likeness (QED) is 0.355. The van der Waals surface area contributed by atoms with E-state index in [2.05, 4.69) is 4.98 Å². The van der Waals surface area contributed by atoms with Crippen molar-refractivity contribution in [2.75, 3.05) is 32.0 Å². The standard InChI is InChI=1S/C15H25F2N5O3/c1-2-25-8-7-21(19)9-10-3-4-11(15(16,17)13(10)23)22-6-5-12(18)20-14(22)24/h5-6,10-11,13,23H,2-4,7-9,19H2,1H3,(H2,18,20,24)/t10-,11-,13-/m1/s1. The van der Waals surface area contributed by atoms with Gasteiger partial charge in [-0.25, -0.2) is 18.6 Å². The molecule has 0 radical (unpaired) electrons. The molecule has 0 spiro atoms. The molecule has 0 saturated heterocycles. The minimum absolute atomic E-state index is 0.0273. The van der Waals surface area contributed by atoms with Crippen LogP contribution in [0.3, 0.4) is 0 Å². The molecule has 1 aliphatic rings. The van der Waals surface area contributed by atoms with Crippen LogP contribution in [0.25, 0.3) is 0 Å². The van der Waals surface area contributed by atoms with Crippen LogP contribution in [0.2, 0.25) is 0 Å². The maximum atomic E-state index is 14.7. The minimum Gasteiger partial charge on any atom is -0.386 e. The summed E-state index contributed by atoms with van der Waals surface area (Å²) < 4.78 is 35.4. The summed E-state index contributed by atoms with van der Waals surface area (Å²) in [5, 5.41) is 11.5. The summed E-state index contributed by atoms with van der Waals surface area (Å²) in [5.74, 6) is 1.59. The van der Waals surface area contributed by atoms with Gasteiger partial charge in [-0.15, -0.1) is 0 Å². The van der Waals surface area contributed by atoms with Gasteiger partial charge < -0.3 is 15.6 Å². The molecule has 1 heterocycles. The Bertz CT molecular complexity index is 627. The SMILES string of the molecule is CCOCCN(N)C[C@H]1CC[C@@H](n2ccc(N)nc2=O)C(F)(F)[C@@H]1O. The van der Waals surface area contributed by atoms with Crippen molar-refractivity contribution in [2.24, 2.45) is 11.8 Å². The number of aliphatic hydroxyl groups is 1. The number of hydrazine groups is 1. The molecule has 142 valence electrons. The van der Waals surface area contributed by atoms with E-state index in [9.17, 15) is 18.7 Å². The van der Waals surface area contributed by atoms with Gasteiger partial charge in [-0.05, 0) is 25.8 Å². The number of nitrogens with two attached hydrogens (primary N) is 2. The van der Waals surface area contributed by atoms with Gasteiger partial charge in [-0.3, -0.25) is 10.4 Å². The molecule has 0 aliphatic heterocycles. The fourth-order valence-electron chi connectivity index (χ4n) is 3.13. The Morgan fingerprint density at radius 1 is 1.52 bits per heavy atom. The van der Waals surface area contributed by atoms with Crippen LogP contribution in [0, 0.1) is 5.92 Å². The van der Waals surface area contributed by atoms with Crippen molar-refractivity contribution in [3.63, 3.8) is 0 Å². The number of hydrogen-bond acceptors (Lipinski definition) is 7. The molecule has 1 aliphatic carbocycles. The number of nitrogens with zero attached hydrogens (tertiary/aromatic N) is 3. The van der Waals surface area contributed by atoms with E-state index in [4.69, 9.17) is 16.3 Å². The monoisotopic (exact) mass is 361 g/mol. The van der Waals surface area contributed by atoms with Crippen LogP contribution in [0.1, 0.15) is 25.8 Å². The predicted molar refractivity (Wildman–Crippen MR) is 87.9 cm³/mol. The van der Waals surface area contributed by atoms with Gasteiger partial charge in [0.25, 0.3) is 5.92 Å². The van der Waals surface area contributed by atoms with Gasteiger partial charge in [0.15, 0.2) is 0 Å². The number of ether oxygens (including phenoxy) is 1. The number of hydrogen-bond donors (Lipinski definition) is 3. The van der Waals surface area contributed by atoms with Crippen LogP contribution in [0.4, 0.5) is 14.6 Å². The van der Waals surface area contributed by atoms with Crippen molar-refractivity contribution < 1.29 is 18.6 Å². The van der Waals surface area contributed by atoms with Gasteiger partial charge >= 0.3 is 5.69 Å². The van der Waals surface area contributed by atoms with Gasteiger partial charge in [-0.1, -0.05) is 0 Å². The topological polar surface area (TPSA) is 120 Å². The highest BCUT2D eigenvalue weighted by Crippen LogP contribution is 2.44. The maximum absolute atomic E-state index is 14.7. The molecule has 0 bridgehead atoms. The van der Waals surface area contributed by atoms with Crippen LogP contribution in [0.5, 0.6) is 0 Å². The van der Waals surface area contributed by atoms with Gasteiger partial charge in [0.1, 0.15) is 18.0 Å². The number of alkyl halides is 2. The molecule has 25 heavy (non-hydrogen) atoms. The summed E-state index contributed by atoms with van der Waals surface area (Å²) in [4.78, 5) is 15.3. The highest BCUT2D eigenvalue weighted by molar-refractivity contribution is 5.23. The molecule has 0 aromatic carbocycles. The van der Waals surface area contributed by atoms with E-state index >= 15 is 0 Å². The highest BCUT2D eigenvalue weighted by Gasteiger charge is 2.54. The average Bonchev–Trinajstić information content (AvgIpc) is 2.53. The Morgan fingerprint density at radius 3 is 2.88 bits per heavy atom. The lowest BCUT2D eigenvalue weighted by molar-refractivity contribution is -0.187. The normalized spacial score (nSPS) is 26.1. The smallest absolute Gasteiger partial charge is 0.349 e. The first-order valence-corrected chi connectivity index (χ1v) is 8.25. The van der Waals surface area contributed by atoms with Crippen molar-refractivity contribution in [1.82, 2.24) is 14.6 Å². The summed E-state index contributed by atoms with van der Waals surface area (Å²) >= 11 is 0. The van der Waals surface area contributed by atoms with Crippen molar-refractivity contribution in [2.45, 2.75) is 37.8 Å². The van der Waals surface area contributed by atoms with Gasteiger partial charge in [0.2, 0.25) is 0 Å². The molecule has 8 nitrogen and oxygen atoms in total. The third-order valence-corrected chi connectivity index (χ3v) is 4.48. The Morgan fingerprint density at radius 2 is 2.24 bits per heavy atom. The second-order valence-corrected chi connectivity index (χ2v) is 6.21. The van der Waals surface area contributed by atoms with Crippen molar-refractivity contribution in [3.05, 3.63) is 22.7 Å². The molecule has 1 saturated carbocycles. The van der Waals surface area contributed by atoms with E-state index in [0.717, 1.165) is 4.57 Å². The summed E-state index contributed by atoms with van der Waals surface area (Å²) in [5.41, 5.74) is 4.53. The second-order valence-electron chi connectivity index (χ2n) is 6.21. The van der Waals surface area contributed by atoms with E-state index in [1.165, 1.54) is 17.3 Å². The van der Waals surface area contributed by atoms with E-state index < -0.39 is 29.7 Å².